The van der Waals surface area contributed by atoms with Crippen LogP contribution in [-0.2, 0) is 4.79 Å². The van der Waals surface area contributed by atoms with Crippen LogP contribution < -0.4 is 15.8 Å². The molecule has 1 aromatic carbocycles. The van der Waals surface area contributed by atoms with Gasteiger partial charge in [-0.25, -0.2) is 4.79 Å². The van der Waals surface area contributed by atoms with E-state index in [4.69, 9.17) is 22.7 Å². The van der Waals surface area contributed by atoms with E-state index < -0.39 is 11.6 Å². The first kappa shape index (κ1) is 15.2. The molecule has 0 bridgehead atoms. The van der Waals surface area contributed by atoms with Crippen LogP contribution in [0.5, 0.6) is 5.75 Å². The number of benzene rings is 1. The number of carbonyl (C=O) groups is 2. The highest BCUT2D eigenvalue weighted by Crippen LogP contribution is 2.17. The average molecular weight is 307 g/mol. The molecule has 6 nitrogen and oxygen atoms in total. The number of rotatable bonds is 5. The molecule has 1 aliphatic rings. The number of nitrogens with zero attached hydrogens (tertiary/aromatic N) is 1. The zero-order valence-electron chi connectivity index (χ0n) is 11.9. The van der Waals surface area contributed by atoms with Gasteiger partial charge in [0.15, 0.2) is 0 Å². The number of imide groups is 1. The summed E-state index contributed by atoms with van der Waals surface area (Å²) in [5.41, 5.74) is 5.41. The fourth-order valence-electron chi connectivity index (χ4n) is 1.99. The van der Waals surface area contributed by atoms with Crippen LogP contribution in [-0.4, -0.2) is 40.5 Å². The second kappa shape index (κ2) is 5.69. The van der Waals surface area contributed by atoms with Crippen molar-refractivity contribution in [3.8, 4) is 5.75 Å². The summed E-state index contributed by atoms with van der Waals surface area (Å²) in [5.74, 6) is 0.376. The summed E-state index contributed by atoms with van der Waals surface area (Å²) in [7, 11) is 0. The van der Waals surface area contributed by atoms with Gasteiger partial charge in [-0.05, 0) is 38.1 Å². The molecular weight excluding hydrogens is 290 g/mol. The maximum atomic E-state index is 12.0. The summed E-state index contributed by atoms with van der Waals surface area (Å²) < 4.78 is 5.51. The highest BCUT2D eigenvalue weighted by atomic mass is 32.1. The van der Waals surface area contributed by atoms with Gasteiger partial charge in [0.2, 0.25) is 0 Å². The Bertz CT molecular complexity index is 584. The van der Waals surface area contributed by atoms with Gasteiger partial charge < -0.3 is 15.8 Å². The Morgan fingerprint density at radius 2 is 1.95 bits per heavy atom. The van der Waals surface area contributed by atoms with Gasteiger partial charge in [-0.2, -0.15) is 0 Å². The third kappa shape index (κ3) is 3.30. The number of hydrogen-bond acceptors (Lipinski definition) is 4. The van der Waals surface area contributed by atoms with Crippen molar-refractivity contribution in [2.24, 2.45) is 5.73 Å². The van der Waals surface area contributed by atoms with Crippen LogP contribution in [0.1, 0.15) is 19.4 Å². The highest BCUT2D eigenvalue weighted by Gasteiger charge is 2.43. The van der Waals surface area contributed by atoms with Gasteiger partial charge >= 0.3 is 6.03 Å². The number of hydrogen-bond donors (Lipinski definition) is 2. The summed E-state index contributed by atoms with van der Waals surface area (Å²) in [5, 5.41) is 2.62. The van der Waals surface area contributed by atoms with Gasteiger partial charge in [0, 0.05) is 5.56 Å². The molecular formula is C14H17N3O3S. The van der Waals surface area contributed by atoms with E-state index in [2.05, 4.69) is 5.32 Å². The van der Waals surface area contributed by atoms with Crippen LogP contribution in [0.15, 0.2) is 24.3 Å². The molecule has 1 saturated heterocycles. The van der Waals surface area contributed by atoms with Crippen LogP contribution in [0.4, 0.5) is 4.79 Å². The van der Waals surface area contributed by atoms with Gasteiger partial charge in [0.05, 0.1) is 6.54 Å². The van der Waals surface area contributed by atoms with E-state index in [1.165, 1.54) is 0 Å². The lowest BCUT2D eigenvalue weighted by molar-refractivity contribution is -0.130. The minimum absolute atomic E-state index is 0.200. The molecule has 0 aromatic heterocycles. The molecule has 21 heavy (non-hydrogen) atoms. The molecule has 0 saturated carbocycles. The molecule has 3 N–H and O–H groups in total. The quantitative estimate of drug-likeness (QED) is 0.627. The lowest BCUT2D eigenvalue weighted by Crippen LogP contribution is -2.40. The third-order valence-electron chi connectivity index (χ3n) is 3.17. The molecule has 7 heteroatoms. The minimum atomic E-state index is -0.852. The Labute approximate surface area is 128 Å². The van der Waals surface area contributed by atoms with E-state index >= 15 is 0 Å². The Morgan fingerprint density at radius 3 is 2.43 bits per heavy atom. The van der Waals surface area contributed by atoms with Crippen molar-refractivity contribution in [2.75, 3.05) is 13.2 Å². The Kier molecular flexibility index (Phi) is 4.13. The van der Waals surface area contributed by atoms with E-state index in [-0.39, 0.29) is 19.1 Å². The topological polar surface area (TPSA) is 84.7 Å². The van der Waals surface area contributed by atoms with E-state index in [1.807, 2.05) is 0 Å². The maximum absolute atomic E-state index is 12.0. The molecule has 112 valence electrons. The molecule has 1 aliphatic heterocycles. The molecule has 0 atom stereocenters. The van der Waals surface area contributed by atoms with E-state index in [0.717, 1.165) is 10.5 Å². The molecule has 0 aliphatic carbocycles. The first-order valence-corrected chi connectivity index (χ1v) is 6.89. The summed E-state index contributed by atoms with van der Waals surface area (Å²) in [4.78, 5) is 25.1. The number of nitrogens with two attached hydrogens (primary N) is 1. The van der Waals surface area contributed by atoms with Crippen molar-refractivity contribution in [1.29, 1.82) is 0 Å². The zero-order chi connectivity index (χ0) is 15.6. The minimum Gasteiger partial charge on any atom is -0.492 e. The first-order chi connectivity index (χ1) is 9.81. The zero-order valence-corrected chi connectivity index (χ0v) is 12.7. The molecule has 0 unspecified atom stereocenters. The van der Waals surface area contributed by atoms with Crippen LogP contribution in [0.2, 0.25) is 0 Å². The molecule has 1 heterocycles. The summed E-state index contributed by atoms with van der Waals surface area (Å²) in [6, 6.07) is 6.61. The van der Waals surface area contributed by atoms with E-state index in [9.17, 15) is 9.59 Å². The van der Waals surface area contributed by atoms with Crippen molar-refractivity contribution < 1.29 is 14.3 Å². The monoisotopic (exact) mass is 307 g/mol. The Balaban J connectivity index is 1.88. The van der Waals surface area contributed by atoms with Crippen molar-refractivity contribution in [1.82, 2.24) is 10.2 Å². The highest BCUT2D eigenvalue weighted by molar-refractivity contribution is 7.80. The number of amides is 3. The average Bonchev–Trinajstić information content (AvgIpc) is 2.61. The summed E-state index contributed by atoms with van der Waals surface area (Å²) >= 11 is 4.86. The van der Waals surface area contributed by atoms with Crippen LogP contribution in [0.3, 0.4) is 0 Å². The first-order valence-electron chi connectivity index (χ1n) is 6.48. The number of carbonyl (C=O) groups excluding carboxylic acids is 2. The number of ether oxygens (including phenoxy) is 1. The Morgan fingerprint density at radius 1 is 1.33 bits per heavy atom. The van der Waals surface area contributed by atoms with Crippen molar-refractivity contribution in [3.05, 3.63) is 29.8 Å². The molecule has 0 spiro atoms. The van der Waals surface area contributed by atoms with Crippen molar-refractivity contribution in [3.63, 3.8) is 0 Å². The number of urea groups is 1. The standard InChI is InChI=1S/C14H17N3O3S/c1-14(2)12(18)17(13(19)16-14)7-8-20-10-5-3-9(4-6-10)11(15)21/h3-6H,7-8H2,1-2H3,(H2,15,21)(H,16,19). The fourth-order valence-corrected chi connectivity index (χ4v) is 2.13. The van der Waals surface area contributed by atoms with Crippen LogP contribution in [0, 0.1) is 0 Å². The fraction of sp³-hybridized carbons (Fsp3) is 0.357. The van der Waals surface area contributed by atoms with Gasteiger partial charge in [-0.15, -0.1) is 0 Å². The summed E-state index contributed by atoms with van der Waals surface area (Å²) in [6.07, 6.45) is 0. The van der Waals surface area contributed by atoms with Gasteiger partial charge in [0.25, 0.3) is 5.91 Å². The normalized spacial score (nSPS) is 16.8. The SMILES string of the molecule is CC1(C)NC(=O)N(CCOc2ccc(C(N)=S)cc2)C1=O. The van der Waals surface area contributed by atoms with Crippen molar-refractivity contribution >= 4 is 29.1 Å². The molecule has 1 fully saturated rings. The maximum Gasteiger partial charge on any atom is 0.325 e. The van der Waals surface area contributed by atoms with Gasteiger partial charge in [0.1, 0.15) is 22.9 Å². The predicted octanol–water partition coefficient (Wildman–Crippen LogP) is 1.03. The lowest BCUT2D eigenvalue weighted by Gasteiger charge is -2.16. The van der Waals surface area contributed by atoms with Crippen molar-refractivity contribution in [2.45, 2.75) is 19.4 Å². The van der Waals surface area contributed by atoms with Crippen LogP contribution >= 0.6 is 12.2 Å². The van der Waals surface area contributed by atoms with E-state index in [0.29, 0.717) is 10.7 Å². The summed E-state index contributed by atoms with van der Waals surface area (Å²) in [6.45, 7) is 3.76. The number of nitrogens with one attached hydrogen (secondary N) is 1. The second-order valence-electron chi connectivity index (χ2n) is 5.25. The largest absolute Gasteiger partial charge is 0.492 e. The number of thiocarbonyl (C=S) groups is 1. The molecule has 2 rings (SSSR count). The molecule has 0 radical (unpaired) electrons. The Hall–Kier alpha value is -2.15. The molecule has 3 amide bonds. The predicted molar refractivity (Wildman–Crippen MR) is 82.1 cm³/mol. The smallest absolute Gasteiger partial charge is 0.325 e. The third-order valence-corrected chi connectivity index (χ3v) is 3.40. The van der Waals surface area contributed by atoms with Gasteiger partial charge in [-0.1, -0.05) is 12.2 Å². The second-order valence-corrected chi connectivity index (χ2v) is 5.69. The van der Waals surface area contributed by atoms with Gasteiger partial charge in [-0.3, -0.25) is 9.69 Å². The van der Waals surface area contributed by atoms with E-state index in [1.54, 1.807) is 38.1 Å². The van der Waals surface area contributed by atoms with Crippen LogP contribution in [0.25, 0.3) is 0 Å². The lowest BCUT2D eigenvalue weighted by atomic mass is 10.1. The molecule has 1 aromatic rings.